The normalized spacial score (nSPS) is 13.4. The van der Waals surface area contributed by atoms with E-state index in [1.807, 2.05) is 12.1 Å². The van der Waals surface area contributed by atoms with Crippen LogP contribution in [-0.2, 0) is 5.41 Å². The smallest absolute Gasteiger partial charge is 0.143 e. The summed E-state index contributed by atoms with van der Waals surface area (Å²) in [7, 11) is 0. The van der Waals surface area contributed by atoms with Crippen LogP contribution >= 0.6 is 0 Å². The first-order valence-corrected chi connectivity index (χ1v) is 16.5. The lowest BCUT2D eigenvalue weighted by Gasteiger charge is -2.29. The van der Waals surface area contributed by atoms with Crippen LogP contribution in [0.1, 0.15) is 25.0 Å². The average Bonchev–Trinajstić information content (AvgIpc) is 3.78. The second kappa shape index (κ2) is 9.97. The van der Waals surface area contributed by atoms with Gasteiger partial charge in [-0.1, -0.05) is 123 Å². The molecule has 0 aliphatic heterocycles. The van der Waals surface area contributed by atoms with E-state index in [2.05, 4.69) is 158 Å². The van der Waals surface area contributed by atoms with E-state index >= 15 is 0 Å². The number of anilines is 3. The minimum atomic E-state index is -0.138. The molecule has 0 saturated heterocycles. The highest BCUT2D eigenvalue weighted by molar-refractivity contribution is 6.19. The van der Waals surface area contributed by atoms with Crippen LogP contribution in [0.2, 0.25) is 0 Å². The Kier molecular flexibility index (Phi) is 5.63. The molecule has 3 heteroatoms. The molecule has 0 atom stereocenters. The minimum Gasteiger partial charge on any atom is -0.456 e. The summed E-state index contributed by atoms with van der Waals surface area (Å²) < 4.78 is 13.2. The Morgan fingerprint density at radius 3 is 1.90 bits per heavy atom. The molecular weight excluding hydrogens is 587 g/mol. The number of rotatable bonds is 4. The summed E-state index contributed by atoms with van der Waals surface area (Å²) in [5.41, 5.74) is 14.1. The van der Waals surface area contributed by atoms with Gasteiger partial charge < -0.3 is 13.7 Å². The number of para-hydroxylation sites is 2. The fourth-order valence-corrected chi connectivity index (χ4v) is 8.04. The van der Waals surface area contributed by atoms with Gasteiger partial charge >= 0.3 is 0 Å². The van der Waals surface area contributed by atoms with Crippen molar-refractivity contribution in [3.63, 3.8) is 0 Å². The molecule has 7 aromatic carbocycles. The molecule has 0 fully saturated rings. The summed E-state index contributed by atoms with van der Waals surface area (Å²) in [4.78, 5) is 2.41. The summed E-state index contributed by atoms with van der Waals surface area (Å²) in [5.74, 6) is 0. The molecule has 0 radical (unpaired) electrons. The van der Waals surface area contributed by atoms with Crippen LogP contribution in [0.3, 0.4) is 0 Å². The number of hydrogen-bond donors (Lipinski definition) is 0. The van der Waals surface area contributed by atoms with E-state index in [1.165, 1.54) is 22.3 Å². The van der Waals surface area contributed by atoms with Crippen molar-refractivity contribution >= 4 is 60.9 Å². The minimum absolute atomic E-state index is 0.138. The van der Waals surface area contributed by atoms with Gasteiger partial charge in [0.2, 0.25) is 0 Å². The van der Waals surface area contributed by atoms with Crippen molar-refractivity contribution < 1.29 is 8.83 Å². The quantitative estimate of drug-likeness (QED) is 0.197. The zero-order valence-electron chi connectivity index (χ0n) is 26.7. The Hall–Kier alpha value is -6.06. The molecule has 48 heavy (non-hydrogen) atoms. The van der Waals surface area contributed by atoms with Crippen molar-refractivity contribution in [1.29, 1.82) is 0 Å². The zero-order chi connectivity index (χ0) is 32.0. The summed E-state index contributed by atoms with van der Waals surface area (Å²) in [6.07, 6.45) is 0. The van der Waals surface area contributed by atoms with Crippen molar-refractivity contribution in [3.8, 4) is 22.3 Å². The van der Waals surface area contributed by atoms with Gasteiger partial charge in [0.15, 0.2) is 0 Å². The van der Waals surface area contributed by atoms with Gasteiger partial charge in [0, 0.05) is 27.4 Å². The second-order valence-electron chi connectivity index (χ2n) is 13.3. The number of hydrogen-bond acceptors (Lipinski definition) is 3. The number of fused-ring (bicyclic) bond motifs is 9. The SMILES string of the molecule is CC1(C)c2ccccc2-c2ccc(N(c3cccc4oc5ccccc5c34)c3cccc4oc5c(-c6ccccc6)cccc5c34)cc21. The van der Waals surface area contributed by atoms with Gasteiger partial charge in [-0.3, -0.25) is 0 Å². The first kappa shape index (κ1) is 27.1. The van der Waals surface area contributed by atoms with E-state index in [4.69, 9.17) is 8.83 Å². The van der Waals surface area contributed by atoms with Gasteiger partial charge in [-0.15, -0.1) is 0 Å². The molecular formula is C45H31NO2. The predicted octanol–water partition coefficient (Wildman–Crippen LogP) is 12.9. The first-order valence-electron chi connectivity index (χ1n) is 16.5. The fourth-order valence-electron chi connectivity index (χ4n) is 8.04. The third-order valence-electron chi connectivity index (χ3n) is 10.3. The van der Waals surface area contributed by atoms with Crippen molar-refractivity contribution in [1.82, 2.24) is 0 Å². The van der Waals surface area contributed by atoms with Crippen LogP contribution in [0.15, 0.2) is 160 Å². The van der Waals surface area contributed by atoms with E-state index in [0.29, 0.717) is 0 Å². The van der Waals surface area contributed by atoms with Crippen LogP contribution in [-0.4, -0.2) is 0 Å². The summed E-state index contributed by atoms with van der Waals surface area (Å²) in [6.45, 7) is 4.68. The lowest BCUT2D eigenvalue weighted by Crippen LogP contribution is -2.16. The van der Waals surface area contributed by atoms with Crippen molar-refractivity contribution in [3.05, 3.63) is 163 Å². The largest absolute Gasteiger partial charge is 0.456 e. The Balaban J connectivity index is 1.29. The highest BCUT2D eigenvalue weighted by Crippen LogP contribution is 2.52. The maximum Gasteiger partial charge on any atom is 0.143 e. The summed E-state index contributed by atoms with van der Waals surface area (Å²) in [5, 5.41) is 4.35. The monoisotopic (exact) mass is 617 g/mol. The van der Waals surface area contributed by atoms with E-state index in [-0.39, 0.29) is 5.41 Å². The summed E-state index contributed by atoms with van der Waals surface area (Å²) in [6, 6.07) is 53.9. The van der Waals surface area contributed by atoms with Crippen molar-refractivity contribution in [2.75, 3.05) is 4.90 Å². The highest BCUT2D eigenvalue weighted by atomic mass is 16.3. The van der Waals surface area contributed by atoms with E-state index in [0.717, 1.165) is 72.1 Å². The molecule has 0 unspecified atom stereocenters. The molecule has 1 aliphatic rings. The van der Waals surface area contributed by atoms with E-state index in [9.17, 15) is 0 Å². The highest BCUT2D eigenvalue weighted by Gasteiger charge is 2.36. The second-order valence-corrected chi connectivity index (χ2v) is 13.3. The Bertz CT molecular complexity index is 2710. The van der Waals surface area contributed by atoms with Gasteiger partial charge in [-0.2, -0.15) is 0 Å². The fraction of sp³-hybridized carbons (Fsp3) is 0.0667. The molecule has 2 heterocycles. The molecule has 228 valence electrons. The topological polar surface area (TPSA) is 29.5 Å². The molecule has 0 saturated carbocycles. The van der Waals surface area contributed by atoms with Crippen LogP contribution in [0, 0.1) is 0 Å². The third kappa shape index (κ3) is 3.76. The molecule has 0 N–H and O–H groups in total. The van der Waals surface area contributed by atoms with Crippen LogP contribution in [0.5, 0.6) is 0 Å². The van der Waals surface area contributed by atoms with Gasteiger partial charge in [-0.05, 0) is 70.3 Å². The van der Waals surface area contributed by atoms with Crippen molar-refractivity contribution in [2.45, 2.75) is 19.3 Å². The first-order chi connectivity index (χ1) is 23.6. The van der Waals surface area contributed by atoms with Gasteiger partial charge in [0.25, 0.3) is 0 Å². The molecule has 10 rings (SSSR count). The molecule has 0 bridgehead atoms. The molecule has 3 nitrogen and oxygen atoms in total. The van der Waals surface area contributed by atoms with E-state index in [1.54, 1.807) is 0 Å². The number of nitrogens with zero attached hydrogens (tertiary/aromatic N) is 1. The van der Waals surface area contributed by atoms with E-state index < -0.39 is 0 Å². The Morgan fingerprint density at radius 1 is 0.458 bits per heavy atom. The Morgan fingerprint density at radius 2 is 1.06 bits per heavy atom. The molecule has 2 aromatic heterocycles. The zero-order valence-corrected chi connectivity index (χ0v) is 26.7. The maximum absolute atomic E-state index is 6.75. The standard InChI is InChI=1S/C45H31NO2/c1-45(2)35-19-8-6-15-31(35)32-26-25-29(27-36(32)45)46(37-20-11-23-40-42(37)33-16-7-9-22-39(33)47-40)38-21-12-24-41-43(38)34-18-10-17-30(44(34)48-41)28-13-4-3-5-14-28/h3-27H,1-2H3. The van der Waals surface area contributed by atoms with Crippen molar-refractivity contribution in [2.24, 2.45) is 0 Å². The Labute approximate surface area is 278 Å². The van der Waals surface area contributed by atoms with Gasteiger partial charge in [0.1, 0.15) is 22.3 Å². The number of benzene rings is 7. The summed E-state index contributed by atoms with van der Waals surface area (Å²) >= 11 is 0. The lowest BCUT2D eigenvalue weighted by molar-refractivity contribution is 0.660. The predicted molar refractivity (Wildman–Crippen MR) is 199 cm³/mol. The average molecular weight is 618 g/mol. The van der Waals surface area contributed by atoms with Gasteiger partial charge in [0.05, 0.1) is 22.1 Å². The van der Waals surface area contributed by atoms with Crippen LogP contribution in [0.4, 0.5) is 17.1 Å². The molecule has 1 aliphatic carbocycles. The van der Waals surface area contributed by atoms with Crippen LogP contribution in [0.25, 0.3) is 66.1 Å². The molecule has 9 aromatic rings. The third-order valence-corrected chi connectivity index (χ3v) is 10.3. The van der Waals surface area contributed by atoms with Gasteiger partial charge in [-0.25, -0.2) is 0 Å². The maximum atomic E-state index is 6.75. The van der Waals surface area contributed by atoms with Crippen LogP contribution < -0.4 is 4.90 Å². The molecule has 0 spiro atoms. The molecule has 0 amide bonds. The number of furan rings is 2. The lowest BCUT2D eigenvalue weighted by atomic mass is 9.82.